The molecule has 1 aromatic carbocycles. The summed E-state index contributed by atoms with van der Waals surface area (Å²) >= 11 is 0. The third kappa shape index (κ3) is 4.06. The van der Waals surface area contributed by atoms with Crippen molar-refractivity contribution in [2.24, 2.45) is 5.41 Å². The van der Waals surface area contributed by atoms with Crippen LogP contribution in [0.25, 0.3) is 0 Å². The molecule has 3 nitrogen and oxygen atoms in total. The Labute approximate surface area is 110 Å². The average Bonchev–Trinajstić information content (AvgIpc) is 2.28. The van der Waals surface area contributed by atoms with Crippen molar-refractivity contribution in [3.05, 3.63) is 29.8 Å². The summed E-state index contributed by atoms with van der Waals surface area (Å²) < 4.78 is 5.46. The summed E-state index contributed by atoms with van der Waals surface area (Å²) in [6.45, 7) is 10.3. The highest BCUT2D eigenvalue weighted by Crippen LogP contribution is 2.21. The van der Waals surface area contributed by atoms with Crippen LogP contribution in [0.4, 0.5) is 0 Å². The standard InChI is InChI=1S/C15H23NO2/c1-6-18-13-9-7-8-12(10-13)11(2)16-14(17)15(3,4)5/h7-11H,6H2,1-5H3,(H,16,17)/t11-/m1/s1. The third-order valence-corrected chi connectivity index (χ3v) is 2.70. The maximum absolute atomic E-state index is 11.9. The van der Waals surface area contributed by atoms with Gasteiger partial charge in [-0.2, -0.15) is 0 Å². The minimum atomic E-state index is -0.369. The van der Waals surface area contributed by atoms with Crippen molar-refractivity contribution >= 4 is 5.91 Å². The minimum Gasteiger partial charge on any atom is -0.494 e. The molecule has 0 bridgehead atoms. The smallest absolute Gasteiger partial charge is 0.225 e. The van der Waals surface area contributed by atoms with Crippen molar-refractivity contribution in [2.75, 3.05) is 6.61 Å². The second kappa shape index (κ2) is 5.89. The van der Waals surface area contributed by atoms with Gasteiger partial charge in [0.05, 0.1) is 12.6 Å². The van der Waals surface area contributed by atoms with Crippen LogP contribution < -0.4 is 10.1 Å². The zero-order chi connectivity index (χ0) is 13.8. The second-order valence-electron chi connectivity index (χ2n) is 5.45. The molecule has 18 heavy (non-hydrogen) atoms. The minimum absolute atomic E-state index is 0.0165. The molecule has 3 heteroatoms. The molecule has 0 saturated heterocycles. The number of rotatable bonds is 4. The van der Waals surface area contributed by atoms with Crippen LogP contribution in [-0.2, 0) is 4.79 Å². The predicted octanol–water partition coefficient (Wildman–Crippen LogP) is 3.31. The summed E-state index contributed by atoms with van der Waals surface area (Å²) in [6.07, 6.45) is 0. The lowest BCUT2D eigenvalue weighted by Crippen LogP contribution is -2.36. The van der Waals surface area contributed by atoms with E-state index in [0.717, 1.165) is 11.3 Å². The first-order valence-corrected chi connectivity index (χ1v) is 6.38. The van der Waals surface area contributed by atoms with Crippen LogP contribution in [0.3, 0.4) is 0 Å². The summed E-state index contributed by atoms with van der Waals surface area (Å²) in [6, 6.07) is 7.82. The average molecular weight is 249 g/mol. The monoisotopic (exact) mass is 249 g/mol. The lowest BCUT2D eigenvalue weighted by Gasteiger charge is -2.22. The first-order valence-electron chi connectivity index (χ1n) is 6.38. The third-order valence-electron chi connectivity index (χ3n) is 2.70. The molecule has 0 heterocycles. The molecule has 1 aromatic rings. The molecule has 0 aromatic heterocycles. The van der Waals surface area contributed by atoms with E-state index in [0.29, 0.717) is 6.61 Å². The fourth-order valence-corrected chi connectivity index (χ4v) is 1.54. The molecule has 100 valence electrons. The van der Waals surface area contributed by atoms with E-state index in [2.05, 4.69) is 5.32 Å². The van der Waals surface area contributed by atoms with Crippen LogP contribution >= 0.6 is 0 Å². The molecule has 0 aliphatic heterocycles. The molecule has 1 N–H and O–H groups in total. The van der Waals surface area contributed by atoms with Crippen molar-refractivity contribution in [1.82, 2.24) is 5.32 Å². The highest BCUT2D eigenvalue weighted by atomic mass is 16.5. The number of ether oxygens (including phenoxy) is 1. The van der Waals surface area contributed by atoms with Crippen molar-refractivity contribution < 1.29 is 9.53 Å². The van der Waals surface area contributed by atoms with E-state index >= 15 is 0 Å². The second-order valence-corrected chi connectivity index (χ2v) is 5.45. The molecule has 0 fully saturated rings. The van der Waals surface area contributed by atoms with Crippen molar-refractivity contribution in [1.29, 1.82) is 0 Å². The first kappa shape index (κ1) is 14.6. The van der Waals surface area contributed by atoms with Crippen LogP contribution in [0, 0.1) is 5.41 Å². The molecule has 0 saturated carbocycles. The van der Waals surface area contributed by atoms with Gasteiger partial charge in [0.15, 0.2) is 0 Å². The van der Waals surface area contributed by atoms with Gasteiger partial charge < -0.3 is 10.1 Å². The lowest BCUT2D eigenvalue weighted by atomic mass is 9.94. The molecule has 0 spiro atoms. The quantitative estimate of drug-likeness (QED) is 0.889. The Morgan fingerprint density at radius 3 is 2.61 bits per heavy atom. The van der Waals surface area contributed by atoms with Crippen LogP contribution in [0.2, 0.25) is 0 Å². The lowest BCUT2D eigenvalue weighted by molar-refractivity contribution is -0.129. The normalized spacial score (nSPS) is 12.9. The Bertz CT molecular complexity index is 407. The number of hydrogen-bond donors (Lipinski definition) is 1. The molecule has 0 aliphatic carbocycles. The van der Waals surface area contributed by atoms with Gasteiger partial charge in [-0.05, 0) is 31.5 Å². The van der Waals surface area contributed by atoms with Crippen LogP contribution in [0.5, 0.6) is 5.75 Å². The number of carbonyl (C=O) groups is 1. The van der Waals surface area contributed by atoms with Gasteiger partial charge in [-0.15, -0.1) is 0 Å². The Morgan fingerprint density at radius 1 is 1.39 bits per heavy atom. The molecule has 1 amide bonds. The molecule has 1 atom stereocenters. The van der Waals surface area contributed by atoms with Crippen molar-refractivity contribution in [3.63, 3.8) is 0 Å². The Morgan fingerprint density at radius 2 is 2.06 bits per heavy atom. The highest BCUT2D eigenvalue weighted by Gasteiger charge is 2.22. The Kier molecular flexibility index (Phi) is 4.76. The number of amides is 1. The SMILES string of the molecule is CCOc1cccc([C@@H](C)NC(=O)C(C)(C)C)c1. The summed E-state index contributed by atoms with van der Waals surface area (Å²) in [4.78, 5) is 11.9. The molecule has 0 aliphatic rings. The van der Waals surface area contributed by atoms with E-state index < -0.39 is 0 Å². The van der Waals surface area contributed by atoms with Gasteiger partial charge in [-0.25, -0.2) is 0 Å². The molecule has 1 rings (SSSR count). The van der Waals surface area contributed by atoms with Crippen LogP contribution in [-0.4, -0.2) is 12.5 Å². The fraction of sp³-hybridized carbons (Fsp3) is 0.533. The number of benzene rings is 1. The van der Waals surface area contributed by atoms with Gasteiger partial charge in [0.2, 0.25) is 5.91 Å². The number of carbonyl (C=O) groups excluding carboxylic acids is 1. The van der Waals surface area contributed by atoms with Gasteiger partial charge in [0.25, 0.3) is 0 Å². The van der Waals surface area contributed by atoms with Gasteiger partial charge in [0.1, 0.15) is 5.75 Å². The van der Waals surface area contributed by atoms with E-state index in [-0.39, 0.29) is 17.4 Å². The molecular formula is C15H23NO2. The van der Waals surface area contributed by atoms with E-state index in [9.17, 15) is 4.79 Å². The van der Waals surface area contributed by atoms with E-state index in [1.165, 1.54) is 0 Å². The van der Waals surface area contributed by atoms with E-state index in [1.807, 2.05) is 58.9 Å². The zero-order valence-electron chi connectivity index (χ0n) is 11.9. The number of hydrogen-bond acceptors (Lipinski definition) is 2. The van der Waals surface area contributed by atoms with Gasteiger partial charge >= 0.3 is 0 Å². The van der Waals surface area contributed by atoms with Crippen molar-refractivity contribution in [3.8, 4) is 5.75 Å². The van der Waals surface area contributed by atoms with E-state index in [4.69, 9.17) is 4.74 Å². The van der Waals surface area contributed by atoms with Gasteiger partial charge in [-0.3, -0.25) is 4.79 Å². The number of nitrogens with one attached hydrogen (secondary N) is 1. The molecular weight excluding hydrogens is 226 g/mol. The Balaban J connectivity index is 2.75. The fourth-order valence-electron chi connectivity index (χ4n) is 1.54. The maximum Gasteiger partial charge on any atom is 0.225 e. The topological polar surface area (TPSA) is 38.3 Å². The largest absolute Gasteiger partial charge is 0.494 e. The summed E-state index contributed by atoms with van der Waals surface area (Å²) in [5, 5.41) is 3.01. The maximum atomic E-state index is 11.9. The van der Waals surface area contributed by atoms with Gasteiger partial charge in [-0.1, -0.05) is 32.9 Å². The summed E-state index contributed by atoms with van der Waals surface area (Å²) in [5.74, 6) is 0.892. The predicted molar refractivity (Wildman–Crippen MR) is 73.6 cm³/mol. The van der Waals surface area contributed by atoms with Crippen LogP contribution in [0.15, 0.2) is 24.3 Å². The molecule has 0 radical (unpaired) electrons. The zero-order valence-corrected chi connectivity index (χ0v) is 11.9. The highest BCUT2D eigenvalue weighted by molar-refractivity contribution is 5.81. The first-order chi connectivity index (χ1) is 8.34. The van der Waals surface area contributed by atoms with E-state index in [1.54, 1.807) is 0 Å². The Hall–Kier alpha value is -1.51. The molecule has 0 unspecified atom stereocenters. The van der Waals surface area contributed by atoms with Crippen molar-refractivity contribution in [2.45, 2.75) is 40.7 Å². The van der Waals surface area contributed by atoms with Crippen LogP contribution in [0.1, 0.15) is 46.2 Å². The summed E-state index contributed by atoms with van der Waals surface area (Å²) in [5.41, 5.74) is 0.685. The van der Waals surface area contributed by atoms with Gasteiger partial charge in [0, 0.05) is 5.41 Å². The summed E-state index contributed by atoms with van der Waals surface area (Å²) in [7, 11) is 0.